The highest BCUT2D eigenvalue weighted by Crippen LogP contribution is 2.26. The Morgan fingerprint density at radius 3 is 2.32 bits per heavy atom. The fraction of sp³-hybridized carbons (Fsp3) is 0.174. The molecule has 0 saturated carbocycles. The molecule has 3 aromatic rings. The van der Waals surface area contributed by atoms with E-state index < -0.39 is 22.5 Å². The third kappa shape index (κ3) is 5.77. The maximum absolute atomic E-state index is 13.4. The van der Waals surface area contributed by atoms with Gasteiger partial charge < -0.3 is 10.1 Å². The van der Waals surface area contributed by atoms with Crippen LogP contribution in [0.4, 0.5) is 11.4 Å². The molecule has 0 aliphatic rings. The number of sulfonamides is 1. The number of aryl methyl sites for hydroxylation is 1. The maximum atomic E-state index is 13.4. The summed E-state index contributed by atoms with van der Waals surface area (Å²) in [6.45, 7) is 3.83. The Morgan fingerprint density at radius 1 is 1.03 bits per heavy atom. The molecule has 0 aliphatic heterocycles. The SMILES string of the molecule is CCOc1ccc(S(=O)(=O)N(CC(=O)Nc2cccc(Cl)c2)c2ccc(C)cc2)cc1. The number of rotatable bonds is 8. The molecule has 6 nitrogen and oxygen atoms in total. The zero-order valence-corrected chi connectivity index (χ0v) is 18.8. The molecule has 8 heteroatoms. The average Bonchev–Trinajstić information content (AvgIpc) is 2.73. The molecule has 3 aromatic carbocycles. The number of nitrogens with zero attached hydrogens (tertiary/aromatic N) is 1. The molecule has 31 heavy (non-hydrogen) atoms. The number of carbonyl (C=O) groups excluding carboxylic acids is 1. The van der Waals surface area contributed by atoms with Crippen molar-refractivity contribution in [2.45, 2.75) is 18.7 Å². The quantitative estimate of drug-likeness (QED) is 0.522. The van der Waals surface area contributed by atoms with Gasteiger partial charge in [-0.2, -0.15) is 0 Å². The Bertz CT molecular complexity index is 1150. The van der Waals surface area contributed by atoms with Crippen molar-refractivity contribution in [2.75, 3.05) is 22.8 Å². The first-order valence-corrected chi connectivity index (χ1v) is 11.5. The van der Waals surface area contributed by atoms with Crippen molar-refractivity contribution >= 4 is 38.9 Å². The first kappa shape index (κ1) is 22.7. The number of ether oxygens (including phenoxy) is 1. The predicted octanol–water partition coefficient (Wildman–Crippen LogP) is 4.88. The van der Waals surface area contributed by atoms with Gasteiger partial charge in [-0.1, -0.05) is 35.4 Å². The molecule has 0 heterocycles. The first-order valence-electron chi connectivity index (χ1n) is 9.67. The van der Waals surface area contributed by atoms with Gasteiger partial charge in [-0.25, -0.2) is 8.42 Å². The van der Waals surface area contributed by atoms with Crippen LogP contribution in [-0.2, 0) is 14.8 Å². The van der Waals surface area contributed by atoms with E-state index in [4.69, 9.17) is 16.3 Å². The van der Waals surface area contributed by atoms with Crippen LogP contribution in [0.15, 0.2) is 77.7 Å². The average molecular weight is 459 g/mol. The third-order valence-corrected chi connectivity index (χ3v) is 6.46. The summed E-state index contributed by atoms with van der Waals surface area (Å²) in [4.78, 5) is 12.8. The van der Waals surface area contributed by atoms with E-state index in [0.29, 0.717) is 28.8 Å². The summed E-state index contributed by atoms with van der Waals surface area (Å²) in [5, 5.41) is 3.16. The van der Waals surface area contributed by atoms with Crippen molar-refractivity contribution in [3.8, 4) is 5.75 Å². The number of anilines is 2. The number of halogens is 1. The highest BCUT2D eigenvalue weighted by molar-refractivity contribution is 7.92. The molecule has 0 bridgehead atoms. The molecule has 0 unspecified atom stereocenters. The van der Waals surface area contributed by atoms with E-state index in [1.165, 1.54) is 12.1 Å². The topological polar surface area (TPSA) is 75.7 Å². The molecule has 0 aliphatic carbocycles. The number of hydrogen-bond acceptors (Lipinski definition) is 4. The lowest BCUT2D eigenvalue weighted by Gasteiger charge is -2.24. The molecule has 3 rings (SSSR count). The van der Waals surface area contributed by atoms with Crippen LogP contribution >= 0.6 is 11.6 Å². The van der Waals surface area contributed by atoms with Crippen molar-refractivity contribution in [2.24, 2.45) is 0 Å². The van der Waals surface area contributed by atoms with E-state index in [0.717, 1.165) is 9.87 Å². The fourth-order valence-electron chi connectivity index (χ4n) is 2.92. The van der Waals surface area contributed by atoms with Gasteiger partial charge in [-0.3, -0.25) is 9.10 Å². The van der Waals surface area contributed by atoms with Crippen molar-refractivity contribution in [1.82, 2.24) is 0 Å². The van der Waals surface area contributed by atoms with Crippen LogP contribution in [0.5, 0.6) is 5.75 Å². The number of benzene rings is 3. The molecular weight excluding hydrogens is 436 g/mol. The van der Waals surface area contributed by atoms with E-state index in [-0.39, 0.29) is 4.90 Å². The van der Waals surface area contributed by atoms with E-state index >= 15 is 0 Å². The number of amides is 1. The van der Waals surface area contributed by atoms with E-state index in [9.17, 15) is 13.2 Å². The maximum Gasteiger partial charge on any atom is 0.264 e. The minimum atomic E-state index is -4.00. The Labute approximate surface area is 187 Å². The Kier molecular flexibility index (Phi) is 7.20. The molecule has 0 fully saturated rings. The first-order chi connectivity index (χ1) is 14.8. The summed E-state index contributed by atoms with van der Waals surface area (Å²) in [7, 11) is -4.00. The van der Waals surface area contributed by atoms with Crippen molar-refractivity contribution in [3.05, 3.63) is 83.4 Å². The fourth-order valence-corrected chi connectivity index (χ4v) is 4.54. The van der Waals surface area contributed by atoms with Crippen LogP contribution in [0.2, 0.25) is 5.02 Å². The van der Waals surface area contributed by atoms with Crippen LogP contribution in [0.3, 0.4) is 0 Å². The molecule has 1 N–H and O–H groups in total. The molecule has 0 aromatic heterocycles. The third-order valence-electron chi connectivity index (χ3n) is 4.44. The van der Waals surface area contributed by atoms with Gasteiger partial charge in [0, 0.05) is 10.7 Å². The van der Waals surface area contributed by atoms with Gasteiger partial charge in [0.15, 0.2) is 0 Å². The monoisotopic (exact) mass is 458 g/mol. The largest absolute Gasteiger partial charge is 0.494 e. The Morgan fingerprint density at radius 2 is 1.71 bits per heavy atom. The van der Waals surface area contributed by atoms with Crippen LogP contribution in [0.25, 0.3) is 0 Å². The van der Waals surface area contributed by atoms with Crippen LogP contribution in [0, 0.1) is 6.92 Å². The lowest BCUT2D eigenvalue weighted by molar-refractivity contribution is -0.114. The van der Waals surface area contributed by atoms with Gasteiger partial charge in [-0.05, 0) is 68.4 Å². The summed E-state index contributed by atoms with van der Waals surface area (Å²) < 4.78 is 33.3. The van der Waals surface area contributed by atoms with Crippen LogP contribution in [-0.4, -0.2) is 27.5 Å². The highest BCUT2D eigenvalue weighted by Gasteiger charge is 2.27. The van der Waals surface area contributed by atoms with Crippen LogP contribution < -0.4 is 14.4 Å². The molecule has 0 atom stereocenters. The molecule has 162 valence electrons. The molecule has 0 spiro atoms. The van der Waals surface area contributed by atoms with Gasteiger partial charge in [0.2, 0.25) is 5.91 Å². The van der Waals surface area contributed by atoms with Crippen molar-refractivity contribution in [3.63, 3.8) is 0 Å². The van der Waals surface area contributed by atoms with Gasteiger partial charge in [0.25, 0.3) is 10.0 Å². The summed E-state index contributed by atoms with van der Waals surface area (Å²) in [5.74, 6) is 0.0828. The minimum absolute atomic E-state index is 0.0621. The summed E-state index contributed by atoms with van der Waals surface area (Å²) >= 11 is 5.96. The number of hydrogen-bond donors (Lipinski definition) is 1. The van der Waals surface area contributed by atoms with E-state index in [1.807, 2.05) is 13.8 Å². The van der Waals surface area contributed by atoms with Crippen molar-refractivity contribution in [1.29, 1.82) is 0 Å². The van der Waals surface area contributed by atoms with Gasteiger partial charge in [0.05, 0.1) is 17.2 Å². The number of nitrogens with one attached hydrogen (secondary N) is 1. The number of carbonyl (C=O) groups is 1. The Balaban J connectivity index is 1.92. The zero-order valence-electron chi connectivity index (χ0n) is 17.2. The lowest BCUT2D eigenvalue weighted by Crippen LogP contribution is -2.38. The molecule has 0 radical (unpaired) electrons. The van der Waals surface area contributed by atoms with Crippen molar-refractivity contribution < 1.29 is 17.9 Å². The smallest absolute Gasteiger partial charge is 0.264 e. The Hall–Kier alpha value is -3.03. The molecule has 0 saturated heterocycles. The normalized spacial score (nSPS) is 11.1. The minimum Gasteiger partial charge on any atom is -0.494 e. The lowest BCUT2D eigenvalue weighted by atomic mass is 10.2. The second-order valence-electron chi connectivity index (χ2n) is 6.81. The highest BCUT2D eigenvalue weighted by atomic mass is 35.5. The van der Waals surface area contributed by atoms with Crippen LogP contribution in [0.1, 0.15) is 12.5 Å². The van der Waals surface area contributed by atoms with E-state index in [2.05, 4.69) is 5.32 Å². The molecular formula is C23H23ClN2O4S. The molecule has 1 amide bonds. The predicted molar refractivity (Wildman–Crippen MR) is 123 cm³/mol. The second kappa shape index (κ2) is 9.85. The van der Waals surface area contributed by atoms with Gasteiger partial charge in [-0.15, -0.1) is 0 Å². The standard InChI is InChI=1S/C23H23ClN2O4S/c1-3-30-21-11-13-22(14-12-21)31(28,29)26(20-9-7-17(2)8-10-20)16-23(27)25-19-6-4-5-18(24)15-19/h4-15H,3,16H2,1-2H3,(H,25,27). The van der Waals surface area contributed by atoms with Gasteiger partial charge in [0.1, 0.15) is 12.3 Å². The summed E-state index contributed by atoms with van der Waals surface area (Å²) in [5.41, 5.74) is 1.85. The van der Waals surface area contributed by atoms with Gasteiger partial charge >= 0.3 is 0 Å². The second-order valence-corrected chi connectivity index (χ2v) is 9.11. The van der Waals surface area contributed by atoms with E-state index in [1.54, 1.807) is 60.7 Å². The summed E-state index contributed by atoms with van der Waals surface area (Å²) in [6, 6.07) is 19.7. The zero-order chi connectivity index (χ0) is 22.4. The summed E-state index contributed by atoms with van der Waals surface area (Å²) in [6.07, 6.45) is 0.